The lowest BCUT2D eigenvalue weighted by Crippen LogP contribution is -2.37. The van der Waals surface area contributed by atoms with Crippen LogP contribution in [0.1, 0.15) is 20.8 Å². The molecule has 0 saturated carbocycles. The zero-order valence-electron chi connectivity index (χ0n) is 12.4. The number of amides is 1. The number of benzene rings is 1. The molecular weight excluding hydrogens is 286 g/mol. The van der Waals surface area contributed by atoms with Crippen molar-refractivity contribution in [2.24, 2.45) is 5.92 Å². The molecule has 1 aromatic heterocycles. The molecule has 0 spiro atoms. The Morgan fingerprint density at radius 3 is 2.62 bits per heavy atom. The topological polar surface area (TPSA) is 68.0 Å². The molecule has 1 N–H and O–H groups in total. The van der Waals surface area contributed by atoms with Crippen LogP contribution >= 0.6 is 11.8 Å². The highest BCUT2D eigenvalue weighted by atomic mass is 32.2. The maximum absolute atomic E-state index is 11.8. The van der Waals surface area contributed by atoms with Crippen LogP contribution in [0.5, 0.6) is 0 Å². The zero-order valence-corrected chi connectivity index (χ0v) is 13.2. The molecule has 0 radical (unpaired) electrons. The van der Waals surface area contributed by atoms with Crippen LogP contribution in [-0.2, 0) is 4.79 Å². The van der Waals surface area contributed by atoms with Gasteiger partial charge in [-0.05, 0) is 25.0 Å². The molecule has 0 saturated heterocycles. The highest BCUT2D eigenvalue weighted by Gasteiger charge is 2.13. The molecule has 0 bridgehead atoms. The fraction of sp³-hybridized carbons (Fsp3) is 0.400. The molecular formula is C15H19N3O2S. The standard InChI is InChI=1S/C15H19N3O2S/c1-10(2)11(3)16-13(19)9-21-15-18-17-14(20-15)12-7-5-4-6-8-12/h4-8,10-11H,9H2,1-3H3,(H,16,19). The molecule has 6 heteroatoms. The minimum atomic E-state index is -0.0272. The number of hydrogen-bond acceptors (Lipinski definition) is 5. The summed E-state index contributed by atoms with van der Waals surface area (Å²) in [7, 11) is 0. The summed E-state index contributed by atoms with van der Waals surface area (Å²) < 4.78 is 5.53. The van der Waals surface area contributed by atoms with Gasteiger partial charge >= 0.3 is 0 Å². The van der Waals surface area contributed by atoms with Crippen molar-refractivity contribution in [3.63, 3.8) is 0 Å². The van der Waals surface area contributed by atoms with Crippen molar-refractivity contribution in [1.82, 2.24) is 15.5 Å². The van der Waals surface area contributed by atoms with Gasteiger partial charge < -0.3 is 9.73 Å². The zero-order chi connectivity index (χ0) is 15.2. The van der Waals surface area contributed by atoms with E-state index in [1.165, 1.54) is 11.8 Å². The van der Waals surface area contributed by atoms with E-state index < -0.39 is 0 Å². The highest BCUT2D eigenvalue weighted by molar-refractivity contribution is 7.99. The number of thioether (sulfide) groups is 1. The molecule has 0 aliphatic heterocycles. The van der Waals surface area contributed by atoms with Gasteiger partial charge in [0.05, 0.1) is 5.75 Å². The average Bonchev–Trinajstić information content (AvgIpc) is 2.95. The Labute approximate surface area is 128 Å². The highest BCUT2D eigenvalue weighted by Crippen LogP contribution is 2.22. The van der Waals surface area contributed by atoms with Crippen molar-refractivity contribution in [3.8, 4) is 11.5 Å². The molecule has 0 fully saturated rings. The molecule has 2 aromatic rings. The summed E-state index contributed by atoms with van der Waals surface area (Å²) in [5.74, 6) is 1.12. The fourth-order valence-electron chi connectivity index (χ4n) is 1.56. The van der Waals surface area contributed by atoms with Gasteiger partial charge in [-0.3, -0.25) is 4.79 Å². The SMILES string of the molecule is CC(C)C(C)NC(=O)CSc1nnc(-c2ccccc2)o1. The van der Waals surface area contributed by atoms with Gasteiger partial charge in [0, 0.05) is 11.6 Å². The normalized spacial score (nSPS) is 12.4. The molecule has 1 atom stereocenters. The minimum Gasteiger partial charge on any atom is -0.411 e. The third-order valence-electron chi connectivity index (χ3n) is 3.14. The number of hydrogen-bond donors (Lipinski definition) is 1. The first-order valence-electron chi connectivity index (χ1n) is 6.87. The lowest BCUT2D eigenvalue weighted by molar-refractivity contribution is -0.119. The number of aromatic nitrogens is 2. The van der Waals surface area contributed by atoms with Gasteiger partial charge in [0.25, 0.3) is 5.22 Å². The second kappa shape index (κ2) is 7.26. The first-order valence-corrected chi connectivity index (χ1v) is 7.86. The summed E-state index contributed by atoms with van der Waals surface area (Å²) in [5.41, 5.74) is 0.870. The largest absolute Gasteiger partial charge is 0.411 e. The molecule has 1 heterocycles. The maximum Gasteiger partial charge on any atom is 0.277 e. The Bertz CT molecular complexity index is 584. The van der Waals surface area contributed by atoms with E-state index in [2.05, 4.69) is 29.4 Å². The quantitative estimate of drug-likeness (QED) is 0.831. The van der Waals surface area contributed by atoms with Crippen LogP contribution < -0.4 is 5.32 Å². The van der Waals surface area contributed by atoms with Crippen molar-refractivity contribution in [1.29, 1.82) is 0 Å². The number of carbonyl (C=O) groups is 1. The molecule has 1 unspecified atom stereocenters. The monoisotopic (exact) mass is 305 g/mol. The predicted octanol–water partition coefficient (Wildman–Crippen LogP) is 2.99. The van der Waals surface area contributed by atoms with Crippen LogP contribution in [0.2, 0.25) is 0 Å². The average molecular weight is 305 g/mol. The van der Waals surface area contributed by atoms with Crippen LogP contribution in [0.3, 0.4) is 0 Å². The van der Waals surface area contributed by atoms with Crippen molar-refractivity contribution >= 4 is 17.7 Å². The third kappa shape index (κ3) is 4.60. The van der Waals surface area contributed by atoms with Crippen LogP contribution in [0, 0.1) is 5.92 Å². The van der Waals surface area contributed by atoms with Crippen LogP contribution in [0.4, 0.5) is 0 Å². The van der Waals surface area contributed by atoms with E-state index in [1.54, 1.807) is 0 Å². The number of nitrogens with zero attached hydrogens (tertiary/aromatic N) is 2. The summed E-state index contributed by atoms with van der Waals surface area (Å²) in [5, 5.41) is 11.3. The molecule has 21 heavy (non-hydrogen) atoms. The van der Waals surface area contributed by atoms with Gasteiger partial charge in [-0.25, -0.2) is 0 Å². The molecule has 1 amide bonds. The summed E-state index contributed by atoms with van der Waals surface area (Å²) in [6.07, 6.45) is 0. The number of carbonyl (C=O) groups excluding carboxylic acids is 1. The van der Waals surface area contributed by atoms with Crippen LogP contribution in [0.15, 0.2) is 40.0 Å². The first-order chi connectivity index (χ1) is 10.1. The van der Waals surface area contributed by atoms with E-state index in [0.29, 0.717) is 17.0 Å². The Balaban J connectivity index is 1.87. The van der Waals surface area contributed by atoms with Gasteiger partial charge in [-0.15, -0.1) is 10.2 Å². The summed E-state index contributed by atoms with van der Waals surface area (Å²) in [6, 6.07) is 9.70. The summed E-state index contributed by atoms with van der Waals surface area (Å²) in [6.45, 7) is 6.14. The van der Waals surface area contributed by atoms with Crippen molar-refractivity contribution < 1.29 is 9.21 Å². The third-order valence-corrected chi connectivity index (χ3v) is 3.96. The molecule has 5 nitrogen and oxygen atoms in total. The smallest absolute Gasteiger partial charge is 0.277 e. The van der Waals surface area contributed by atoms with Gasteiger partial charge in [-0.1, -0.05) is 43.8 Å². The lowest BCUT2D eigenvalue weighted by Gasteiger charge is -2.16. The molecule has 0 aliphatic carbocycles. The Kier molecular flexibility index (Phi) is 5.38. The molecule has 112 valence electrons. The van der Waals surface area contributed by atoms with Crippen LogP contribution in [0.25, 0.3) is 11.5 Å². The van der Waals surface area contributed by atoms with E-state index >= 15 is 0 Å². The van der Waals surface area contributed by atoms with Gasteiger partial charge in [0.2, 0.25) is 11.8 Å². The lowest BCUT2D eigenvalue weighted by atomic mass is 10.1. The summed E-state index contributed by atoms with van der Waals surface area (Å²) in [4.78, 5) is 11.8. The van der Waals surface area contributed by atoms with Gasteiger partial charge in [-0.2, -0.15) is 0 Å². The first kappa shape index (κ1) is 15.6. The van der Waals surface area contributed by atoms with Crippen LogP contribution in [-0.4, -0.2) is 27.9 Å². The van der Waals surface area contributed by atoms with E-state index in [9.17, 15) is 4.79 Å². The second-order valence-corrected chi connectivity index (χ2v) is 6.05. The van der Waals surface area contributed by atoms with Crippen molar-refractivity contribution in [2.75, 3.05) is 5.75 Å². The maximum atomic E-state index is 11.8. The van der Waals surface area contributed by atoms with Crippen molar-refractivity contribution in [2.45, 2.75) is 32.0 Å². The predicted molar refractivity (Wildman–Crippen MR) is 82.9 cm³/mol. The van der Waals surface area contributed by atoms with Gasteiger partial charge in [0.1, 0.15) is 0 Å². The van der Waals surface area contributed by atoms with Crippen molar-refractivity contribution in [3.05, 3.63) is 30.3 Å². The van der Waals surface area contributed by atoms with E-state index in [4.69, 9.17) is 4.42 Å². The molecule has 2 rings (SSSR count). The minimum absolute atomic E-state index is 0.0272. The molecule has 1 aromatic carbocycles. The number of rotatable bonds is 6. The Morgan fingerprint density at radius 1 is 1.24 bits per heavy atom. The fourth-order valence-corrected chi connectivity index (χ4v) is 2.13. The molecule has 0 aliphatic rings. The summed E-state index contributed by atoms with van der Waals surface area (Å²) >= 11 is 1.25. The second-order valence-electron chi connectivity index (χ2n) is 5.13. The van der Waals surface area contributed by atoms with Gasteiger partial charge in [0.15, 0.2) is 0 Å². The van der Waals surface area contributed by atoms with E-state index in [-0.39, 0.29) is 17.7 Å². The van der Waals surface area contributed by atoms with E-state index in [1.807, 2.05) is 37.3 Å². The Morgan fingerprint density at radius 2 is 1.95 bits per heavy atom. The number of nitrogens with one attached hydrogen (secondary N) is 1. The van der Waals surface area contributed by atoms with E-state index in [0.717, 1.165) is 5.56 Å². The Hall–Kier alpha value is -1.82.